The molecule has 6 heteroatoms. The van der Waals surface area contributed by atoms with Crippen LogP contribution in [-0.2, 0) is 13.0 Å². The quantitative estimate of drug-likeness (QED) is 0.315. The Morgan fingerprint density at radius 2 is 1.85 bits per heavy atom. The molecule has 0 saturated heterocycles. The molecule has 176 valence electrons. The van der Waals surface area contributed by atoms with E-state index in [2.05, 4.69) is 57.7 Å². The second-order valence-corrected chi connectivity index (χ2v) is 8.28. The number of hydrogen-bond acceptors (Lipinski definition) is 3. The first-order valence-corrected chi connectivity index (χ1v) is 11.7. The lowest BCUT2D eigenvalue weighted by Crippen LogP contribution is -2.29. The molecule has 4 rings (SSSR count). The summed E-state index contributed by atoms with van der Waals surface area (Å²) in [5.41, 5.74) is 12.4. The summed E-state index contributed by atoms with van der Waals surface area (Å²) in [6, 6.07) is 24.4. The molecule has 2 amide bonds. The summed E-state index contributed by atoms with van der Waals surface area (Å²) in [6.45, 7) is 3.92. The molecule has 0 fully saturated rings. The number of urea groups is 1. The molecule has 0 aliphatic heterocycles. The van der Waals surface area contributed by atoms with Gasteiger partial charge in [-0.1, -0.05) is 49.4 Å². The summed E-state index contributed by atoms with van der Waals surface area (Å²) in [5, 5.41) is 6.98. The van der Waals surface area contributed by atoms with E-state index >= 15 is 0 Å². The molecule has 0 aliphatic rings. The Morgan fingerprint density at radius 1 is 1.03 bits per heavy atom. The maximum Gasteiger partial charge on any atom is 0.319 e. The number of nitrogens with two attached hydrogens (primary N) is 1. The van der Waals surface area contributed by atoms with E-state index in [1.54, 1.807) is 7.11 Å². The van der Waals surface area contributed by atoms with E-state index in [9.17, 15) is 4.79 Å². The minimum atomic E-state index is -0.198. The van der Waals surface area contributed by atoms with E-state index < -0.39 is 0 Å². The summed E-state index contributed by atoms with van der Waals surface area (Å²) >= 11 is 0. The van der Waals surface area contributed by atoms with E-state index in [-0.39, 0.29) is 6.03 Å². The van der Waals surface area contributed by atoms with Crippen molar-refractivity contribution >= 4 is 22.6 Å². The van der Waals surface area contributed by atoms with Gasteiger partial charge in [0.05, 0.1) is 18.3 Å². The molecule has 3 aromatic carbocycles. The second kappa shape index (κ2) is 10.9. The second-order valence-electron chi connectivity index (χ2n) is 8.28. The SMILES string of the molecule is CCCNC(=O)Nc1cccc(-c2c(CCN)c3ccc(OC)cc3n2Cc2ccccc2)c1. The van der Waals surface area contributed by atoms with Crippen molar-refractivity contribution in [3.63, 3.8) is 0 Å². The minimum Gasteiger partial charge on any atom is -0.497 e. The number of nitrogens with one attached hydrogen (secondary N) is 2. The van der Waals surface area contributed by atoms with Gasteiger partial charge < -0.3 is 25.7 Å². The number of carbonyl (C=O) groups is 1. The van der Waals surface area contributed by atoms with Crippen LogP contribution in [0.2, 0.25) is 0 Å². The third-order valence-electron chi connectivity index (χ3n) is 5.88. The molecule has 0 spiro atoms. The summed E-state index contributed by atoms with van der Waals surface area (Å²) in [6.07, 6.45) is 1.63. The van der Waals surface area contributed by atoms with Crippen molar-refractivity contribution in [3.8, 4) is 17.0 Å². The zero-order valence-corrected chi connectivity index (χ0v) is 19.8. The van der Waals surface area contributed by atoms with Crippen LogP contribution >= 0.6 is 0 Å². The Kier molecular flexibility index (Phi) is 7.50. The molecule has 6 nitrogen and oxygen atoms in total. The van der Waals surface area contributed by atoms with Gasteiger partial charge in [-0.15, -0.1) is 0 Å². The van der Waals surface area contributed by atoms with Crippen molar-refractivity contribution in [2.24, 2.45) is 5.73 Å². The molecule has 0 bridgehead atoms. The fourth-order valence-corrected chi connectivity index (χ4v) is 4.34. The zero-order chi connectivity index (χ0) is 23.9. The molecule has 0 saturated carbocycles. The maximum atomic E-state index is 12.3. The van der Waals surface area contributed by atoms with Crippen LogP contribution in [0, 0.1) is 0 Å². The van der Waals surface area contributed by atoms with E-state index in [0.29, 0.717) is 19.6 Å². The molecule has 34 heavy (non-hydrogen) atoms. The largest absolute Gasteiger partial charge is 0.497 e. The van der Waals surface area contributed by atoms with Crippen LogP contribution in [0.15, 0.2) is 72.8 Å². The van der Waals surface area contributed by atoms with Gasteiger partial charge in [0.1, 0.15) is 5.75 Å². The van der Waals surface area contributed by atoms with Gasteiger partial charge in [0, 0.05) is 35.8 Å². The molecule has 0 unspecified atom stereocenters. The topological polar surface area (TPSA) is 81.3 Å². The van der Waals surface area contributed by atoms with Crippen LogP contribution in [0.3, 0.4) is 0 Å². The highest BCUT2D eigenvalue weighted by Gasteiger charge is 2.19. The van der Waals surface area contributed by atoms with Gasteiger partial charge in [-0.3, -0.25) is 0 Å². The van der Waals surface area contributed by atoms with Gasteiger partial charge in [-0.25, -0.2) is 4.79 Å². The number of fused-ring (bicyclic) bond motifs is 1. The molecular formula is C28H32N4O2. The van der Waals surface area contributed by atoms with Gasteiger partial charge in [0.15, 0.2) is 0 Å². The number of hydrogen-bond donors (Lipinski definition) is 3. The maximum absolute atomic E-state index is 12.3. The Bertz CT molecular complexity index is 1260. The number of carbonyl (C=O) groups excluding carboxylic acids is 1. The van der Waals surface area contributed by atoms with Gasteiger partial charge in [0.25, 0.3) is 0 Å². The van der Waals surface area contributed by atoms with Crippen LogP contribution in [0.25, 0.3) is 22.2 Å². The lowest BCUT2D eigenvalue weighted by molar-refractivity contribution is 0.252. The first-order valence-electron chi connectivity index (χ1n) is 11.7. The Labute approximate surface area is 200 Å². The average Bonchev–Trinajstić information content (AvgIpc) is 3.16. The molecule has 0 radical (unpaired) electrons. The normalized spacial score (nSPS) is 10.9. The van der Waals surface area contributed by atoms with E-state index in [4.69, 9.17) is 10.5 Å². The Balaban J connectivity index is 1.87. The van der Waals surface area contributed by atoms with Crippen LogP contribution in [0.4, 0.5) is 10.5 Å². The molecular weight excluding hydrogens is 424 g/mol. The fraction of sp³-hybridized carbons (Fsp3) is 0.250. The van der Waals surface area contributed by atoms with Crippen molar-refractivity contribution in [1.82, 2.24) is 9.88 Å². The Hall–Kier alpha value is -3.77. The number of rotatable bonds is 9. The number of anilines is 1. The predicted octanol–water partition coefficient (Wildman–Crippen LogP) is 5.40. The third kappa shape index (κ3) is 5.07. The predicted molar refractivity (Wildman–Crippen MR) is 140 cm³/mol. The molecule has 1 heterocycles. The fourth-order valence-electron chi connectivity index (χ4n) is 4.34. The molecule has 0 aliphatic carbocycles. The average molecular weight is 457 g/mol. The number of methoxy groups -OCH3 is 1. The van der Waals surface area contributed by atoms with E-state index in [0.717, 1.165) is 46.4 Å². The standard InChI is InChI=1S/C28H32N4O2/c1-3-16-30-28(33)31-22-11-7-10-21(17-22)27-25(14-15-29)24-13-12-23(34-2)18-26(24)32(27)19-20-8-5-4-6-9-20/h4-13,17-18H,3,14-16,19,29H2,1-2H3,(H2,30,31,33). The van der Waals surface area contributed by atoms with Crippen molar-refractivity contribution in [2.75, 3.05) is 25.5 Å². The lowest BCUT2D eigenvalue weighted by Gasteiger charge is -2.15. The molecule has 4 aromatic rings. The van der Waals surface area contributed by atoms with Crippen molar-refractivity contribution in [3.05, 3.63) is 83.9 Å². The number of ether oxygens (including phenoxy) is 1. The number of aromatic nitrogens is 1. The summed E-state index contributed by atoms with van der Waals surface area (Å²) in [7, 11) is 1.69. The zero-order valence-electron chi connectivity index (χ0n) is 19.8. The monoisotopic (exact) mass is 456 g/mol. The minimum absolute atomic E-state index is 0.198. The first kappa shape index (κ1) is 23.4. The smallest absolute Gasteiger partial charge is 0.319 e. The van der Waals surface area contributed by atoms with Crippen LogP contribution in [-0.4, -0.2) is 30.8 Å². The molecule has 0 atom stereocenters. The third-order valence-corrected chi connectivity index (χ3v) is 5.88. The van der Waals surface area contributed by atoms with Gasteiger partial charge in [0.2, 0.25) is 0 Å². The van der Waals surface area contributed by atoms with Crippen molar-refractivity contribution in [1.29, 1.82) is 0 Å². The highest BCUT2D eigenvalue weighted by molar-refractivity contribution is 5.94. The van der Waals surface area contributed by atoms with Gasteiger partial charge in [-0.2, -0.15) is 0 Å². The number of benzene rings is 3. The number of amides is 2. The van der Waals surface area contributed by atoms with Crippen LogP contribution in [0.1, 0.15) is 24.5 Å². The van der Waals surface area contributed by atoms with E-state index in [1.165, 1.54) is 11.1 Å². The highest BCUT2D eigenvalue weighted by Crippen LogP contribution is 2.37. The highest BCUT2D eigenvalue weighted by atomic mass is 16.5. The van der Waals surface area contributed by atoms with Crippen molar-refractivity contribution in [2.45, 2.75) is 26.3 Å². The lowest BCUT2D eigenvalue weighted by atomic mass is 10.0. The summed E-state index contributed by atoms with van der Waals surface area (Å²) in [4.78, 5) is 12.3. The van der Waals surface area contributed by atoms with Crippen LogP contribution in [0.5, 0.6) is 5.75 Å². The van der Waals surface area contributed by atoms with Crippen molar-refractivity contribution < 1.29 is 9.53 Å². The molecule has 4 N–H and O–H groups in total. The summed E-state index contributed by atoms with van der Waals surface area (Å²) < 4.78 is 7.87. The molecule has 1 aromatic heterocycles. The van der Waals surface area contributed by atoms with Gasteiger partial charge >= 0.3 is 6.03 Å². The van der Waals surface area contributed by atoms with Gasteiger partial charge in [-0.05, 0) is 54.8 Å². The summed E-state index contributed by atoms with van der Waals surface area (Å²) in [5.74, 6) is 0.813. The first-order chi connectivity index (χ1) is 16.6. The van der Waals surface area contributed by atoms with Crippen LogP contribution < -0.4 is 21.1 Å². The number of nitrogens with zero attached hydrogens (tertiary/aromatic N) is 1. The van der Waals surface area contributed by atoms with E-state index in [1.807, 2.05) is 37.3 Å². The Morgan fingerprint density at radius 3 is 2.59 bits per heavy atom.